The van der Waals surface area contributed by atoms with Crippen molar-refractivity contribution in [3.63, 3.8) is 0 Å². The van der Waals surface area contributed by atoms with E-state index < -0.39 is 10.9 Å². The van der Waals surface area contributed by atoms with E-state index >= 15 is 0 Å². The van der Waals surface area contributed by atoms with Gasteiger partial charge in [0.2, 0.25) is 5.78 Å². The molecule has 1 aromatic heterocycles. The standard InChI is InChI=1S/C29H21N3O5/c1-18-7-3-4-8-23(18)28(30-37-19(2)33)29(34)20-11-13-21(14-12-20)31-26-10-6-5-9-24(26)25-17-22(32(35)36)15-16-27(25)31/h3-17H,1-2H3/b30-28-. The van der Waals surface area contributed by atoms with Crippen LogP contribution in [-0.2, 0) is 9.63 Å². The summed E-state index contributed by atoms with van der Waals surface area (Å²) in [6.07, 6.45) is 0. The molecular weight excluding hydrogens is 470 g/mol. The Kier molecular flexibility index (Phi) is 6.07. The number of Topliss-reactive ketones (excluding diaryl/α,β-unsaturated/α-hetero) is 1. The Morgan fingerprint density at radius 1 is 0.865 bits per heavy atom. The molecule has 5 rings (SSSR count). The number of para-hydroxylation sites is 1. The van der Waals surface area contributed by atoms with Crippen LogP contribution in [0, 0.1) is 17.0 Å². The number of oxime groups is 1. The number of fused-ring (bicyclic) bond motifs is 3. The number of hydrogen-bond acceptors (Lipinski definition) is 6. The maximum absolute atomic E-state index is 13.4. The molecule has 0 saturated heterocycles. The van der Waals surface area contributed by atoms with Gasteiger partial charge in [-0.2, -0.15) is 0 Å². The molecule has 0 bridgehead atoms. The van der Waals surface area contributed by atoms with Gasteiger partial charge in [0.05, 0.1) is 16.0 Å². The highest BCUT2D eigenvalue weighted by Crippen LogP contribution is 2.34. The van der Waals surface area contributed by atoms with Crippen LogP contribution in [0.4, 0.5) is 5.69 Å². The van der Waals surface area contributed by atoms with E-state index in [1.165, 1.54) is 13.0 Å². The van der Waals surface area contributed by atoms with Crippen molar-refractivity contribution in [1.29, 1.82) is 0 Å². The average Bonchev–Trinajstić information content (AvgIpc) is 3.23. The molecule has 0 fully saturated rings. The Morgan fingerprint density at radius 2 is 1.54 bits per heavy atom. The van der Waals surface area contributed by atoms with Crippen molar-refractivity contribution >= 4 is 45.0 Å². The van der Waals surface area contributed by atoms with Crippen LogP contribution in [0.3, 0.4) is 0 Å². The summed E-state index contributed by atoms with van der Waals surface area (Å²) in [6.45, 7) is 3.07. The third-order valence-electron chi connectivity index (χ3n) is 6.14. The van der Waals surface area contributed by atoms with Crippen molar-refractivity contribution in [1.82, 2.24) is 4.57 Å². The van der Waals surface area contributed by atoms with Gasteiger partial charge in [0, 0.05) is 46.6 Å². The molecule has 0 aliphatic carbocycles. The zero-order valence-electron chi connectivity index (χ0n) is 20.0. The van der Waals surface area contributed by atoms with Gasteiger partial charge < -0.3 is 9.40 Å². The lowest BCUT2D eigenvalue weighted by Crippen LogP contribution is -2.18. The van der Waals surface area contributed by atoms with Crippen LogP contribution in [0.15, 0.2) is 96.2 Å². The van der Waals surface area contributed by atoms with Crippen molar-refractivity contribution < 1.29 is 19.3 Å². The fraction of sp³-hybridized carbons (Fsp3) is 0.0690. The summed E-state index contributed by atoms with van der Waals surface area (Å²) >= 11 is 0. The van der Waals surface area contributed by atoms with Crippen molar-refractivity contribution in [2.75, 3.05) is 0 Å². The second kappa shape index (κ2) is 9.50. The molecular formula is C29H21N3O5. The lowest BCUT2D eigenvalue weighted by atomic mass is 9.97. The molecule has 0 N–H and O–H groups in total. The molecule has 0 spiro atoms. The van der Waals surface area contributed by atoms with Crippen molar-refractivity contribution in [2.45, 2.75) is 13.8 Å². The van der Waals surface area contributed by atoms with Gasteiger partial charge in [0.1, 0.15) is 0 Å². The number of ketones is 1. The van der Waals surface area contributed by atoms with E-state index in [2.05, 4.69) is 5.16 Å². The number of aromatic nitrogens is 1. The van der Waals surface area contributed by atoms with Crippen LogP contribution in [-0.4, -0.2) is 27.0 Å². The minimum absolute atomic E-state index is 0.0205. The highest BCUT2D eigenvalue weighted by Gasteiger charge is 2.21. The fourth-order valence-electron chi connectivity index (χ4n) is 4.41. The molecule has 0 saturated carbocycles. The minimum atomic E-state index is -0.624. The number of non-ortho nitro benzene ring substituents is 1. The van der Waals surface area contributed by atoms with Crippen LogP contribution in [0.25, 0.3) is 27.5 Å². The second-order valence-corrected chi connectivity index (χ2v) is 8.52. The Balaban J connectivity index is 1.59. The number of nitro groups is 1. The lowest BCUT2D eigenvalue weighted by molar-refractivity contribution is -0.384. The topological polar surface area (TPSA) is 104 Å². The maximum Gasteiger partial charge on any atom is 0.332 e. The summed E-state index contributed by atoms with van der Waals surface area (Å²) in [5.41, 5.74) is 4.29. The van der Waals surface area contributed by atoms with Crippen LogP contribution < -0.4 is 0 Å². The number of carbonyl (C=O) groups is 2. The zero-order valence-corrected chi connectivity index (χ0v) is 20.0. The predicted molar refractivity (Wildman–Crippen MR) is 141 cm³/mol. The molecule has 0 unspecified atom stereocenters. The second-order valence-electron chi connectivity index (χ2n) is 8.52. The molecule has 182 valence electrons. The highest BCUT2D eigenvalue weighted by atomic mass is 16.7. The number of aryl methyl sites for hydroxylation is 1. The smallest absolute Gasteiger partial charge is 0.318 e. The fourth-order valence-corrected chi connectivity index (χ4v) is 4.41. The van der Waals surface area contributed by atoms with Crippen LogP contribution in [0.1, 0.15) is 28.4 Å². The minimum Gasteiger partial charge on any atom is -0.318 e. The Labute approximate surface area is 211 Å². The van der Waals surface area contributed by atoms with E-state index in [4.69, 9.17) is 4.84 Å². The van der Waals surface area contributed by atoms with Gasteiger partial charge in [-0.25, -0.2) is 4.79 Å². The third kappa shape index (κ3) is 4.36. The summed E-state index contributed by atoms with van der Waals surface area (Å²) in [6, 6.07) is 26.7. The monoisotopic (exact) mass is 491 g/mol. The van der Waals surface area contributed by atoms with E-state index in [0.29, 0.717) is 11.1 Å². The summed E-state index contributed by atoms with van der Waals surface area (Å²) < 4.78 is 2.00. The summed E-state index contributed by atoms with van der Waals surface area (Å²) in [4.78, 5) is 40.6. The number of benzene rings is 4. The number of hydrogen-bond donors (Lipinski definition) is 0. The predicted octanol–water partition coefficient (Wildman–Crippen LogP) is 6.15. The largest absolute Gasteiger partial charge is 0.332 e. The van der Waals surface area contributed by atoms with Gasteiger partial charge in [-0.15, -0.1) is 0 Å². The maximum atomic E-state index is 13.4. The van der Waals surface area contributed by atoms with E-state index in [9.17, 15) is 19.7 Å². The summed E-state index contributed by atoms with van der Waals surface area (Å²) in [5.74, 6) is -1.01. The first-order chi connectivity index (χ1) is 17.8. The molecule has 1 heterocycles. The first kappa shape index (κ1) is 23.6. The molecule has 0 amide bonds. The Morgan fingerprint density at radius 3 is 2.24 bits per heavy atom. The van der Waals surface area contributed by atoms with E-state index in [0.717, 1.165) is 33.1 Å². The van der Waals surface area contributed by atoms with Gasteiger partial charge in [0.25, 0.3) is 5.69 Å². The number of nitro benzene ring substituents is 1. The number of rotatable bonds is 6. The SMILES string of the molecule is CC(=O)O/N=C(\C(=O)c1ccc(-n2c3ccccc3c3cc([N+](=O)[O-])ccc32)cc1)c1ccccc1C. The summed E-state index contributed by atoms with van der Waals surface area (Å²) in [5, 5.41) is 16.9. The molecule has 8 heteroatoms. The molecule has 0 aliphatic rings. The molecule has 8 nitrogen and oxygen atoms in total. The van der Waals surface area contributed by atoms with Crippen molar-refractivity contribution in [3.8, 4) is 5.69 Å². The average molecular weight is 492 g/mol. The normalized spacial score (nSPS) is 11.6. The first-order valence-electron chi connectivity index (χ1n) is 11.5. The molecule has 4 aromatic carbocycles. The Hall–Kier alpha value is -5.11. The Bertz CT molecular complexity index is 1730. The van der Waals surface area contributed by atoms with E-state index in [-0.39, 0.29) is 17.2 Å². The first-order valence-corrected chi connectivity index (χ1v) is 11.5. The number of carbonyl (C=O) groups excluding carboxylic acids is 2. The van der Waals surface area contributed by atoms with Crippen LogP contribution in [0.5, 0.6) is 0 Å². The van der Waals surface area contributed by atoms with Gasteiger partial charge >= 0.3 is 5.97 Å². The van der Waals surface area contributed by atoms with Gasteiger partial charge in [-0.05, 0) is 48.9 Å². The van der Waals surface area contributed by atoms with E-state index in [1.54, 1.807) is 36.4 Å². The third-order valence-corrected chi connectivity index (χ3v) is 6.14. The van der Waals surface area contributed by atoms with E-state index in [1.807, 2.05) is 60.0 Å². The molecule has 0 atom stereocenters. The molecule has 0 aliphatic heterocycles. The van der Waals surface area contributed by atoms with Gasteiger partial charge in [-0.1, -0.05) is 47.6 Å². The zero-order chi connectivity index (χ0) is 26.1. The van der Waals surface area contributed by atoms with Crippen LogP contribution in [0.2, 0.25) is 0 Å². The van der Waals surface area contributed by atoms with Crippen molar-refractivity contribution in [3.05, 3.63) is 118 Å². The number of nitrogens with zero attached hydrogens (tertiary/aromatic N) is 3. The summed E-state index contributed by atoms with van der Waals surface area (Å²) in [7, 11) is 0. The quantitative estimate of drug-likeness (QED) is 0.0931. The van der Waals surface area contributed by atoms with Crippen LogP contribution >= 0.6 is 0 Å². The van der Waals surface area contributed by atoms with Gasteiger partial charge in [-0.3, -0.25) is 14.9 Å². The van der Waals surface area contributed by atoms with Crippen molar-refractivity contribution in [2.24, 2.45) is 5.16 Å². The molecule has 0 radical (unpaired) electrons. The highest BCUT2D eigenvalue weighted by molar-refractivity contribution is 6.51. The lowest BCUT2D eigenvalue weighted by Gasteiger charge is -2.11. The molecule has 5 aromatic rings. The molecule has 37 heavy (non-hydrogen) atoms. The van der Waals surface area contributed by atoms with Gasteiger partial charge in [0.15, 0.2) is 5.71 Å².